The number of rotatable bonds is 4. The van der Waals surface area contributed by atoms with Gasteiger partial charge in [-0.3, -0.25) is 4.90 Å². The predicted molar refractivity (Wildman–Crippen MR) is 80.4 cm³/mol. The number of likely N-dealkylation sites (tertiary alicyclic amines) is 1. The van der Waals surface area contributed by atoms with Gasteiger partial charge in [0.25, 0.3) is 0 Å². The molecule has 0 atom stereocenters. The summed E-state index contributed by atoms with van der Waals surface area (Å²) in [5, 5.41) is 3.38. The molecule has 1 saturated heterocycles. The average molecular weight is 259 g/mol. The summed E-state index contributed by atoms with van der Waals surface area (Å²) in [4.78, 5) is 2.57. The summed E-state index contributed by atoms with van der Waals surface area (Å²) in [6.07, 6.45) is 8.42. The summed E-state index contributed by atoms with van der Waals surface area (Å²) in [5.74, 6) is 0. The van der Waals surface area contributed by atoms with Crippen LogP contribution in [0.25, 0.3) is 0 Å². The average Bonchev–Trinajstić information content (AvgIpc) is 2.41. The number of nitrogens with one attached hydrogen (secondary N) is 1. The van der Waals surface area contributed by atoms with E-state index in [9.17, 15) is 0 Å². The first-order valence-corrected chi connectivity index (χ1v) is 7.27. The van der Waals surface area contributed by atoms with Crippen LogP contribution in [0.5, 0.6) is 0 Å². The van der Waals surface area contributed by atoms with E-state index in [1.807, 2.05) is 6.20 Å². The van der Waals surface area contributed by atoms with E-state index < -0.39 is 0 Å². The van der Waals surface area contributed by atoms with Gasteiger partial charge in [0.2, 0.25) is 0 Å². The molecule has 3 heteroatoms. The standard InChI is InChI=1S/C16H25N3/c17-10-11-18-16-8-4-12-19(13-5-9-16)14-15-6-2-1-3-7-15/h1-3,6-7,10-11,16,18H,4-5,8-9,12-14,17H2/b11-10-. The minimum atomic E-state index is 0.596. The molecule has 1 aromatic rings. The van der Waals surface area contributed by atoms with Gasteiger partial charge in [-0.05, 0) is 44.3 Å². The molecular weight excluding hydrogens is 234 g/mol. The molecule has 1 aliphatic rings. The van der Waals surface area contributed by atoms with Gasteiger partial charge in [0, 0.05) is 25.0 Å². The molecule has 0 aliphatic carbocycles. The lowest BCUT2D eigenvalue weighted by molar-refractivity contribution is 0.228. The van der Waals surface area contributed by atoms with Crippen molar-refractivity contribution in [3.8, 4) is 0 Å². The Morgan fingerprint density at radius 1 is 1.16 bits per heavy atom. The fourth-order valence-electron chi connectivity index (χ4n) is 2.74. The van der Waals surface area contributed by atoms with Crippen LogP contribution in [0.4, 0.5) is 0 Å². The molecule has 0 aromatic heterocycles. The van der Waals surface area contributed by atoms with Crippen LogP contribution in [0.15, 0.2) is 42.7 Å². The maximum absolute atomic E-state index is 5.37. The van der Waals surface area contributed by atoms with E-state index in [2.05, 4.69) is 40.5 Å². The predicted octanol–water partition coefficient (Wildman–Crippen LogP) is 2.45. The third-order valence-corrected chi connectivity index (χ3v) is 3.73. The first-order chi connectivity index (χ1) is 9.38. The highest BCUT2D eigenvalue weighted by Gasteiger charge is 2.14. The lowest BCUT2D eigenvalue weighted by Gasteiger charge is -2.28. The second-order valence-electron chi connectivity index (χ2n) is 5.27. The molecule has 0 spiro atoms. The highest BCUT2D eigenvalue weighted by molar-refractivity contribution is 5.14. The minimum absolute atomic E-state index is 0.596. The Morgan fingerprint density at radius 2 is 1.84 bits per heavy atom. The van der Waals surface area contributed by atoms with Gasteiger partial charge in [0.05, 0.1) is 0 Å². The van der Waals surface area contributed by atoms with E-state index in [1.165, 1.54) is 44.3 Å². The second-order valence-corrected chi connectivity index (χ2v) is 5.27. The van der Waals surface area contributed by atoms with Crippen molar-refractivity contribution < 1.29 is 0 Å². The molecule has 1 aliphatic heterocycles. The molecule has 3 N–H and O–H groups in total. The monoisotopic (exact) mass is 259 g/mol. The van der Waals surface area contributed by atoms with Crippen molar-refractivity contribution in [3.05, 3.63) is 48.3 Å². The summed E-state index contributed by atoms with van der Waals surface area (Å²) >= 11 is 0. The normalized spacial score (nSPS) is 19.2. The van der Waals surface area contributed by atoms with Gasteiger partial charge >= 0.3 is 0 Å². The summed E-state index contributed by atoms with van der Waals surface area (Å²) in [7, 11) is 0. The quantitative estimate of drug-likeness (QED) is 0.872. The SMILES string of the molecule is N/C=C\NC1CCCN(Cc2ccccc2)CCC1. The molecule has 19 heavy (non-hydrogen) atoms. The summed E-state index contributed by atoms with van der Waals surface area (Å²) in [5.41, 5.74) is 6.79. The smallest absolute Gasteiger partial charge is 0.0257 e. The van der Waals surface area contributed by atoms with Crippen molar-refractivity contribution in [2.24, 2.45) is 5.73 Å². The Morgan fingerprint density at radius 3 is 2.47 bits per heavy atom. The van der Waals surface area contributed by atoms with E-state index in [4.69, 9.17) is 5.73 Å². The summed E-state index contributed by atoms with van der Waals surface area (Å²) < 4.78 is 0. The largest absolute Gasteiger partial charge is 0.403 e. The number of nitrogens with two attached hydrogens (primary N) is 1. The van der Waals surface area contributed by atoms with E-state index in [0.717, 1.165) is 6.54 Å². The lowest BCUT2D eigenvalue weighted by Crippen LogP contribution is -2.33. The maximum atomic E-state index is 5.37. The number of hydrogen-bond acceptors (Lipinski definition) is 3. The highest BCUT2D eigenvalue weighted by atomic mass is 15.1. The van der Waals surface area contributed by atoms with Gasteiger partial charge in [-0.1, -0.05) is 30.3 Å². The van der Waals surface area contributed by atoms with Crippen LogP contribution in [0.1, 0.15) is 31.2 Å². The fraction of sp³-hybridized carbons (Fsp3) is 0.500. The minimum Gasteiger partial charge on any atom is -0.403 e. The Bertz CT molecular complexity index is 365. The molecule has 1 heterocycles. The van der Waals surface area contributed by atoms with Crippen molar-refractivity contribution in [1.29, 1.82) is 0 Å². The molecule has 2 rings (SSSR count). The van der Waals surface area contributed by atoms with Crippen molar-refractivity contribution >= 4 is 0 Å². The topological polar surface area (TPSA) is 41.3 Å². The molecule has 0 unspecified atom stereocenters. The van der Waals surface area contributed by atoms with Crippen molar-refractivity contribution in [1.82, 2.24) is 10.2 Å². The Kier molecular flexibility index (Phi) is 5.76. The molecule has 104 valence electrons. The van der Waals surface area contributed by atoms with Crippen molar-refractivity contribution in [2.45, 2.75) is 38.3 Å². The highest BCUT2D eigenvalue weighted by Crippen LogP contribution is 2.14. The number of nitrogens with zero attached hydrogens (tertiary/aromatic N) is 1. The first-order valence-electron chi connectivity index (χ1n) is 7.27. The van der Waals surface area contributed by atoms with E-state index in [0.29, 0.717) is 6.04 Å². The molecule has 0 amide bonds. The number of hydrogen-bond donors (Lipinski definition) is 2. The third kappa shape index (κ3) is 4.95. The van der Waals surface area contributed by atoms with Gasteiger partial charge < -0.3 is 11.1 Å². The van der Waals surface area contributed by atoms with Crippen LogP contribution in [0.3, 0.4) is 0 Å². The molecule has 1 aromatic carbocycles. The van der Waals surface area contributed by atoms with E-state index >= 15 is 0 Å². The molecule has 0 radical (unpaired) electrons. The van der Waals surface area contributed by atoms with Crippen LogP contribution in [0, 0.1) is 0 Å². The Hall–Kier alpha value is -1.48. The van der Waals surface area contributed by atoms with Crippen LogP contribution < -0.4 is 11.1 Å². The molecular formula is C16H25N3. The Balaban J connectivity index is 1.78. The Labute approximate surface area is 116 Å². The zero-order valence-electron chi connectivity index (χ0n) is 11.6. The summed E-state index contributed by atoms with van der Waals surface area (Å²) in [6, 6.07) is 11.4. The summed E-state index contributed by atoms with van der Waals surface area (Å²) in [6.45, 7) is 3.47. The first kappa shape index (κ1) is 13.9. The van der Waals surface area contributed by atoms with Crippen molar-refractivity contribution in [2.75, 3.05) is 13.1 Å². The van der Waals surface area contributed by atoms with Crippen molar-refractivity contribution in [3.63, 3.8) is 0 Å². The molecule has 3 nitrogen and oxygen atoms in total. The van der Waals surface area contributed by atoms with E-state index in [1.54, 1.807) is 6.20 Å². The number of benzene rings is 1. The molecule has 0 bridgehead atoms. The van der Waals surface area contributed by atoms with Gasteiger partial charge in [-0.25, -0.2) is 0 Å². The van der Waals surface area contributed by atoms with Gasteiger partial charge in [0.15, 0.2) is 0 Å². The van der Waals surface area contributed by atoms with Crippen LogP contribution >= 0.6 is 0 Å². The maximum Gasteiger partial charge on any atom is 0.0257 e. The molecule has 0 saturated carbocycles. The zero-order valence-corrected chi connectivity index (χ0v) is 11.6. The fourth-order valence-corrected chi connectivity index (χ4v) is 2.74. The third-order valence-electron chi connectivity index (χ3n) is 3.73. The van der Waals surface area contributed by atoms with Gasteiger partial charge in [-0.15, -0.1) is 0 Å². The second kappa shape index (κ2) is 7.85. The van der Waals surface area contributed by atoms with Crippen LogP contribution in [-0.2, 0) is 6.54 Å². The van der Waals surface area contributed by atoms with Crippen LogP contribution in [0.2, 0.25) is 0 Å². The van der Waals surface area contributed by atoms with Gasteiger partial charge in [0.1, 0.15) is 0 Å². The molecule has 1 fully saturated rings. The van der Waals surface area contributed by atoms with Crippen LogP contribution in [-0.4, -0.2) is 24.0 Å². The van der Waals surface area contributed by atoms with E-state index in [-0.39, 0.29) is 0 Å². The zero-order chi connectivity index (χ0) is 13.3. The lowest BCUT2D eigenvalue weighted by atomic mass is 10.0. The van der Waals surface area contributed by atoms with Gasteiger partial charge in [-0.2, -0.15) is 0 Å².